The third-order valence-corrected chi connectivity index (χ3v) is 2.35. The van der Waals surface area contributed by atoms with Gasteiger partial charge in [0.2, 0.25) is 5.91 Å². The predicted octanol–water partition coefficient (Wildman–Crippen LogP) is 0.835. The topological polar surface area (TPSA) is 75.6 Å². The Labute approximate surface area is 106 Å². The van der Waals surface area contributed by atoms with Gasteiger partial charge >= 0.3 is 5.97 Å². The standard InChI is InChI=1S/C13H17NO4/c1-2-18-9-12(15)14-11(13(16)17)8-10-6-4-3-5-7-10/h3-7,11H,2,8-9H2,1H3,(H,14,15)(H,16,17)/t11-/m1/s1. The summed E-state index contributed by atoms with van der Waals surface area (Å²) in [6, 6.07) is 8.23. The van der Waals surface area contributed by atoms with Gasteiger partial charge in [0.25, 0.3) is 0 Å². The maximum absolute atomic E-state index is 11.4. The maximum Gasteiger partial charge on any atom is 0.326 e. The molecule has 1 amide bonds. The summed E-state index contributed by atoms with van der Waals surface area (Å²) in [5.41, 5.74) is 0.863. The number of nitrogens with one attached hydrogen (secondary N) is 1. The maximum atomic E-state index is 11.4. The first-order chi connectivity index (χ1) is 8.63. The minimum atomic E-state index is -1.05. The summed E-state index contributed by atoms with van der Waals surface area (Å²) in [7, 11) is 0. The molecule has 1 rings (SSSR count). The SMILES string of the molecule is CCOCC(=O)N[C@H](Cc1ccccc1)C(=O)O. The molecule has 0 unspecified atom stereocenters. The Bertz CT molecular complexity index is 391. The van der Waals surface area contributed by atoms with E-state index in [1.165, 1.54) is 0 Å². The van der Waals surface area contributed by atoms with Crippen LogP contribution in [0, 0.1) is 0 Å². The average molecular weight is 251 g/mol. The molecule has 5 nitrogen and oxygen atoms in total. The van der Waals surface area contributed by atoms with Crippen molar-refractivity contribution < 1.29 is 19.4 Å². The number of rotatable bonds is 7. The lowest BCUT2D eigenvalue weighted by molar-refractivity contribution is -0.142. The minimum absolute atomic E-state index is 0.116. The highest BCUT2D eigenvalue weighted by Gasteiger charge is 2.20. The summed E-state index contributed by atoms with van der Waals surface area (Å²) >= 11 is 0. The molecule has 18 heavy (non-hydrogen) atoms. The Morgan fingerprint density at radius 2 is 2.00 bits per heavy atom. The van der Waals surface area contributed by atoms with Gasteiger partial charge in [-0.15, -0.1) is 0 Å². The smallest absolute Gasteiger partial charge is 0.326 e. The molecule has 2 N–H and O–H groups in total. The number of carbonyl (C=O) groups excluding carboxylic acids is 1. The Balaban J connectivity index is 2.55. The first-order valence-corrected chi connectivity index (χ1v) is 5.77. The lowest BCUT2D eigenvalue weighted by Gasteiger charge is -2.14. The van der Waals surface area contributed by atoms with Gasteiger partial charge < -0.3 is 15.2 Å². The number of carboxylic acids is 1. The molecule has 0 aliphatic heterocycles. The highest BCUT2D eigenvalue weighted by atomic mass is 16.5. The van der Waals surface area contributed by atoms with Crippen molar-refractivity contribution in [3.05, 3.63) is 35.9 Å². The highest BCUT2D eigenvalue weighted by Crippen LogP contribution is 2.03. The second-order valence-corrected chi connectivity index (χ2v) is 3.79. The van der Waals surface area contributed by atoms with E-state index in [0.29, 0.717) is 6.61 Å². The second kappa shape index (κ2) is 7.45. The van der Waals surface area contributed by atoms with Crippen LogP contribution in [-0.4, -0.2) is 36.2 Å². The molecule has 1 aromatic rings. The van der Waals surface area contributed by atoms with Gasteiger partial charge in [-0.2, -0.15) is 0 Å². The van der Waals surface area contributed by atoms with Gasteiger partial charge in [0.05, 0.1) is 0 Å². The number of aliphatic carboxylic acids is 1. The lowest BCUT2D eigenvalue weighted by atomic mass is 10.1. The van der Waals surface area contributed by atoms with Crippen LogP contribution in [0.1, 0.15) is 12.5 Å². The molecule has 0 saturated heterocycles. The summed E-state index contributed by atoms with van der Waals surface area (Å²) in [6.45, 7) is 2.07. The monoisotopic (exact) mass is 251 g/mol. The van der Waals surface area contributed by atoms with Gasteiger partial charge in [0, 0.05) is 13.0 Å². The van der Waals surface area contributed by atoms with Crippen molar-refractivity contribution in [3.8, 4) is 0 Å². The number of benzene rings is 1. The van der Waals surface area contributed by atoms with Gasteiger partial charge in [-0.1, -0.05) is 30.3 Å². The minimum Gasteiger partial charge on any atom is -0.480 e. The molecule has 0 radical (unpaired) electrons. The number of carbonyl (C=O) groups is 2. The number of ether oxygens (including phenoxy) is 1. The fraction of sp³-hybridized carbons (Fsp3) is 0.385. The number of amides is 1. The molecule has 5 heteroatoms. The van der Waals surface area contributed by atoms with Crippen LogP contribution in [0.2, 0.25) is 0 Å². The van der Waals surface area contributed by atoms with Crippen molar-refractivity contribution in [2.24, 2.45) is 0 Å². The molecule has 98 valence electrons. The van der Waals surface area contributed by atoms with Crippen molar-refractivity contribution in [1.82, 2.24) is 5.32 Å². The van der Waals surface area contributed by atoms with Crippen LogP contribution in [-0.2, 0) is 20.7 Å². The Morgan fingerprint density at radius 1 is 1.33 bits per heavy atom. The van der Waals surface area contributed by atoms with Crippen LogP contribution in [0.5, 0.6) is 0 Å². The van der Waals surface area contributed by atoms with E-state index in [-0.39, 0.29) is 13.0 Å². The van der Waals surface area contributed by atoms with E-state index < -0.39 is 17.9 Å². The zero-order chi connectivity index (χ0) is 13.4. The van der Waals surface area contributed by atoms with Crippen molar-refractivity contribution in [2.75, 3.05) is 13.2 Å². The summed E-state index contributed by atoms with van der Waals surface area (Å²) in [4.78, 5) is 22.5. The van der Waals surface area contributed by atoms with E-state index in [9.17, 15) is 9.59 Å². The fourth-order valence-electron chi connectivity index (χ4n) is 1.48. The molecule has 0 heterocycles. The van der Waals surface area contributed by atoms with E-state index in [0.717, 1.165) is 5.56 Å². The summed E-state index contributed by atoms with van der Waals surface area (Å²) in [6.07, 6.45) is 0.258. The molecule has 0 saturated carbocycles. The fourth-order valence-corrected chi connectivity index (χ4v) is 1.48. The first-order valence-electron chi connectivity index (χ1n) is 5.77. The van der Waals surface area contributed by atoms with Crippen molar-refractivity contribution in [2.45, 2.75) is 19.4 Å². The van der Waals surface area contributed by atoms with Gasteiger partial charge in [0.15, 0.2) is 0 Å². The summed E-state index contributed by atoms with van der Waals surface area (Å²) in [5.74, 6) is -1.47. The molecule has 0 spiro atoms. The molecule has 0 bridgehead atoms. The van der Waals surface area contributed by atoms with Crippen LogP contribution in [0.25, 0.3) is 0 Å². The van der Waals surface area contributed by atoms with Crippen molar-refractivity contribution in [1.29, 1.82) is 0 Å². The van der Waals surface area contributed by atoms with Gasteiger partial charge in [-0.05, 0) is 12.5 Å². The van der Waals surface area contributed by atoms with Gasteiger partial charge in [0.1, 0.15) is 12.6 Å². The van der Waals surface area contributed by atoms with E-state index in [2.05, 4.69) is 5.32 Å². The third kappa shape index (κ3) is 4.97. The Morgan fingerprint density at radius 3 is 2.56 bits per heavy atom. The van der Waals surface area contributed by atoms with Crippen molar-refractivity contribution >= 4 is 11.9 Å². The third-order valence-electron chi connectivity index (χ3n) is 2.35. The first kappa shape index (κ1) is 14.2. The molecule has 0 fully saturated rings. The normalized spacial score (nSPS) is 11.8. The van der Waals surface area contributed by atoms with E-state index in [1.54, 1.807) is 6.92 Å². The second-order valence-electron chi connectivity index (χ2n) is 3.79. The summed E-state index contributed by atoms with van der Waals surface area (Å²) in [5, 5.41) is 11.5. The molecule has 1 aromatic carbocycles. The average Bonchev–Trinajstić information content (AvgIpc) is 2.36. The number of carboxylic acid groups (broad SMARTS) is 1. The Kier molecular flexibility index (Phi) is 5.87. The molecule has 1 atom stereocenters. The highest BCUT2D eigenvalue weighted by molar-refractivity contribution is 5.84. The van der Waals surface area contributed by atoms with E-state index in [4.69, 9.17) is 9.84 Å². The molecule has 0 aliphatic rings. The van der Waals surface area contributed by atoms with Gasteiger partial charge in [-0.3, -0.25) is 4.79 Å². The van der Waals surface area contributed by atoms with Crippen LogP contribution in [0.3, 0.4) is 0 Å². The number of hydrogen-bond donors (Lipinski definition) is 2. The zero-order valence-corrected chi connectivity index (χ0v) is 10.3. The van der Waals surface area contributed by atoms with Crippen LogP contribution < -0.4 is 5.32 Å². The summed E-state index contributed by atoms with van der Waals surface area (Å²) < 4.78 is 4.92. The number of hydrogen-bond acceptors (Lipinski definition) is 3. The molecular formula is C13H17NO4. The van der Waals surface area contributed by atoms with Crippen LogP contribution in [0.15, 0.2) is 30.3 Å². The molecule has 0 aliphatic carbocycles. The van der Waals surface area contributed by atoms with E-state index >= 15 is 0 Å². The Hall–Kier alpha value is -1.88. The quantitative estimate of drug-likeness (QED) is 0.752. The largest absolute Gasteiger partial charge is 0.480 e. The lowest BCUT2D eigenvalue weighted by Crippen LogP contribution is -2.43. The van der Waals surface area contributed by atoms with Crippen LogP contribution >= 0.6 is 0 Å². The molecule has 0 aromatic heterocycles. The van der Waals surface area contributed by atoms with Crippen molar-refractivity contribution in [3.63, 3.8) is 0 Å². The van der Waals surface area contributed by atoms with E-state index in [1.807, 2.05) is 30.3 Å². The zero-order valence-electron chi connectivity index (χ0n) is 10.3. The van der Waals surface area contributed by atoms with Crippen LogP contribution in [0.4, 0.5) is 0 Å². The molecular weight excluding hydrogens is 234 g/mol. The predicted molar refractivity (Wildman–Crippen MR) is 66.2 cm³/mol. The van der Waals surface area contributed by atoms with Gasteiger partial charge in [-0.25, -0.2) is 4.79 Å².